The number of halogens is 1. The summed E-state index contributed by atoms with van der Waals surface area (Å²) in [5.74, 6) is 0.931. The molecule has 0 aliphatic carbocycles. The third-order valence-electron chi connectivity index (χ3n) is 2.56. The van der Waals surface area contributed by atoms with Crippen molar-refractivity contribution in [3.8, 4) is 0 Å². The van der Waals surface area contributed by atoms with Gasteiger partial charge >= 0.3 is 5.97 Å². The number of aliphatic carboxylic acids is 1. The van der Waals surface area contributed by atoms with Crippen molar-refractivity contribution >= 4 is 29.3 Å². The average molecular weight is 273 g/mol. The quantitative estimate of drug-likeness (QED) is 0.769. The Labute approximate surface area is 111 Å². The van der Waals surface area contributed by atoms with Crippen LogP contribution in [-0.2, 0) is 11.2 Å². The van der Waals surface area contributed by atoms with Crippen molar-refractivity contribution in [3.05, 3.63) is 34.9 Å². The lowest BCUT2D eigenvalue weighted by atomic mass is 9.97. The molecule has 0 aliphatic rings. The number of carbonyl (C=O) groups is 1. The third kappa shape index (κ3) is 5.46. The second-order valence-corrected chi connectivity index (χ2v) is 5.68. The maximum atomic E-state index is 11.1. The van der Waals surface area contributed by atoms with Gasteiger partial charge in [0.2, 0.25) is 0 Å². The zero-order chi connectivity index (χ0) is 12.7. The van der Waals surface area contributed by atoms with Crippen LogP contribution in [0.4, 0.5) is 0 Å². The molecule has 1 aromatic rings. The van der Waals surface area contributed by atoms with Gasteiger partial charge in [-0.05, 0) is 42.0 Å². The van der Waals surface area contributed by atoms with Crippen LogP contribution in [0.1, 0.15) is 18.9 Å². The molecule has 1 unspecified atom stereocenters. The number of hydrogen-bond acceptors (Lipinski definition) is 2. The molecule has 0 heterocycles. The summed E-state index contributed by atoms with van der Waals surface area (Å²) >= 11 is 7.58. The Morgan fingerprint density at radius 1 is 1.41 bits per heavy atom. The highest BCUT2D eigenvalue weighted by molar-refractivity contribution is 7.99. The molecule has 1 atom stereocenters. The summed E-state index contributed by atoms with van der Waals surface area (Å²) in [6.07, 6.45) is 1.30. The van der Waals surface area contributed by atoms with Crippen molar-refractivity contribution in [2.45, 2.75) is 19.8 Å². The lowest BCUT2D eigenvalue weighted by molar-refractivity contribution is -0.141. The number of carboxylic acid groups (broad SMARTS) is 1. The van der Waals surface area contributed by atoms with Gasteiger partial charge in [-0.1, -0.05) is 30.7 Å². The van der Waals surface area contributed by atoms with Gasteiger partial charge in [-0.3, -0.25) is 4.79 Å². The molecule has 94 valence electrons. The van der Waals surface area contributed by atoms with Gasteiger partial charge in [0.1, 0.15) is 0 Å². The minimum absolute atomic E-state index is 0.296. The molecule has 1 aromatic carbocycles. The van der Waals surface area contributed by atoms with E-state index in [9.17, 15) is 4.79 Å². The maximum Gasteiger partial charge on any atom is 0.306 e. The minimum Gasteiger partial charge on any atom is -0.481 e. The summed E-state index contributed by atoms with van der Waals surface area (Å²) in [6.45, 7) is 2.08. The first-order valence-electron chi connectivity index (χ1n) is 5.68. The van der Waals surface area contributed by atoms with Crippen LogP contribution in [-0.4, -0.2) is 22.6 Å². The normalized spacial score (nSPS) is 12.4. The summed E-state index contributed by atoms with van der Waals surface area (Å²) < 4.78 is 0. The number of hydrogen-bond donors (Lipinski definition) is 1. The van der Waals surface area contributed by atoms with Gasteiger partial charge in [0.05, 0.1) is 5.92 Å². The van der Waals surface area contributed by atoms with Crippen molar-refractivity contribution in [1.82, 2.24) is 0 Å². The highest BCUT2D eigenvalue weighted by Crippen LogP contribution is 2.17. The van der Waals surface area contributed by atoms with Crippen molar-refractivity contribution in [2.75, 3.05) is 11.5 Å². The molecule has 1 N–H and O–H groups in total. The number of thioether (sulfide) groups is 1. The summed E-state index contributed by atoms with van der Waals surface area (Å²) in [4.78, 5) is 11.1. The molecule has 0 saturated heterocycles. The van der Waals surface area contributed by atoms with Gasteiger partial charge in [-0.15, -0.1) is 0 Å². The van der Waals surface area contributed by atoms with E-state index in [4.69, 9.17) is 16.7 Å². The molecule has 0 aliphatic heterocycles. The van der Waals surface area contributed by atoms with Crippen molar-refractivity contribution < 1.29 is 9.90 Å². The topological polar surface area (TPSA) is 37.3 Å². The molecule has 0 fully saturated rings. The summed E-state index contributed by atoms with van der Waals surface area (Å²) in [6, 6.07) is 7.39. The molecule has 0 radical (unpaired) electrons. The molecule has 2 nitrogen and oxygen atoms in total. The Hall–Kier alpha value is -0.670. The predicted octanol–water partition coefficient (Wildman–Crippen LogP) is 3.73. The van der Waals surface area contributed by atoms with Crippen molar-refractivity contribution in [3.63, 3.8) is 0 Å². The predicted molar refractivity (Wildman–Crippen MR) is 73.9 cm³/mol. The molecule has 1 rings (SSSR count). The molecule has 0 aromatic heterocycles. The van der Waals surface area contributed by atoms with E-state index >= 15 is 0 Å². The first kappa shape index (κ1) is 14.4. The van der Waals surface area contributed by atoms with Gasteiger partial charge in [-0.25, -0.2) is 0 Å². The van der Waals surface area contributed by atoms with Crippen LogP contribution < -0.4 is 0 Å². The first-order chi connectivity index (χ1) is 8.13. The second-order valence-electron chi connectivity index (χ2n) is 3.85. The van der Waals surface area contributed by atoms with Gasteiger partial charge in [-0.2, -0.15) is 11.8 Å². The summed E-state index contributed by atoms with van der Waals surface area (Å²) in [7, 11) is 0. The number of benzene rings is 1. The Morgan fingerprint density at radius 3 is 2.59 bits per heavy atom. The number of rotatable bonds is 7. The minimum atomic E-state index is -0.711. The van der Waals surface area contributed by atoms with Crippen LogP contribution in [0, 0.1) is 5.92 Å². The molecular weight excluding hydrogens is 256 g/mol. The Morgan fingerprint density at radius 2 is 2.06 bits per heavy atom. The van der Waals surface area contributed by atoms with E-state index in [0.29, 0.717) is 11.4 Å². The zero-order valence-corrected chi connectivity index (χ0v) is 11.4. The van der Waals surface area contributed by atoms with Crippen molar-refractivity contribution in [1.29, 1.82) is 0 Å². The van der Waals surface area contributed by atoms with Crippen LogP contribution in [0.2, 0.25) is 5.02 Å². The molecule has 0 saturated carbocycles. The van der Waals surface area contributed by atoms with E-state index in [1.54, 1.807) is 23.9 Å². The molecule has 0 bridgehead atoms. The Bertz CT molecular complexity index is 351. The lowest BCUT2D eigenvalue weighted by Gasteiger charge is -2.11. The van der Waals surface area contributed by atoms with Crippen LogP contribution in [0.25, 0.3) is 0 Å². The van der Waals surface area contributed by atoms with Crippen LogP contribution in [0.15, 0.2) is 24.3 Å². The SMILES string of the molecule is CCSCCC(Cc1ccc(Cl)cc1)C(=O)O. The molecule has 0 amide bonds. The van der Waals surface area contributed by atoms with E-state index in [-0.39, 0.29) is 5.92 Å². The van der Waals surface area contributed by atoms with E-state index in [1.165, 1.54) is 0 Å². The van der Waals surface area contributed by atoms with E-state index in [2.05, 4.69) is 6.92 Å². The average Bonchev–Trinajstić information content (AvgIpc) is 2.30. The third-order valence-corrected chi connectivity index (χ3v) is 3.74. The smallest absolute Gasteiger partial charge is 0.306 e. The van der Waals surface area contributed by atoms with Gasteiger partial charge in [0.25, 0.3) is 0 Å². The number of carboxylic acids is 1. The van der Waals surface area contributed by atoms with Gasteiger partial charge in [0, 0.05) is 5.02 Å². The largest absolute Gasteiger partial charge is 0.481 e. The monoisotopic (exact) mass is 272 g/mol. The second kappa shape index (κ2) is 7.62. The standard InChI is InChI=1S/C13H17ClO2S/c1-2-17-8-7-11(13(15)16)9-10-3-5-12(14)6-4-10/h3-6,11H,2,7-9H2,1H3,(H,15,16). The molecule has 0 spiro atoms. The summed E-state index contributed by atoms with van der Waals surface area (Å²) in [5, 5.41) is 9.84. The fourth-order valence-corrected chi connectivity index (χ4v) is 2.45. The van der Waals surface area contributed by atoms with Gasteiger partial charge < -0.3 is 5.11 Å². The van der Waals surface area contributed by atoms with Gasteiger partial charge in [0.15, 0.2) is 0 Å². The lowest BCUT2D eigenvalue weighted by Crippen LogP contribution is -2.17. The maximum absolute atomic E-state index is 11.1. The van der Waals surface area contributed by atoms with E-state index in [1.807, 2.05) is 12.1 Å². The highest BCUT2D eigenvalue weighted by atomic mass is 35.5. The Balaban J connectivity index is 2.54. The van der Waals surface area contributed by atoms with Crippen LogP contribution in [0.5, 0.6) is 0 Å². The van der Waals surface area contributed by atoms with Crippen LogP contribution in [0.3, 0.4) is 0 Å². The fraction of sp³-hybridized carbons (Fsp3) is 0.462. The molecular formula is C13H17ClO2S. The first-order valence-corrected chi connectivity index (χ1v) is 7.21. The molecule has 17 heavy (non-hydrogen) atoms. The summed E-state index contributed by atoms with van der Waals surface area (Å²) in [5.41, 5.74) is 1.03. The van der Waals surface area contributed by atoms with Crippen molar-refractivity contribution in [2.24, 2.45) is 5.92 Å². The van der Waals surface area contributed by atoms with E-state index < -0.39 is 5.97 Å². The Kier molecular flexibility index (Phi) is 6.45. The van der Waals surface area contributed by atoms with Crippen LogP contribution >= 0.6 is 23.4 Å². The molecule has 4 heteroatoms. The highest BCUT2D eigenvalue weighted by Gasteiger charge is 2.17. The van der Waals surface area contributed by atoms with E-state index in [0.717, 1.165) is 23.5 Å². The zero-order valence-electron chi connectivity index (χ0n) is 9.86. The fourth-order valence-electron chi connectivity index (χ4n) is 1.59.